The van der Waals surface area contributed by atoms with Gasteiger partial charge in [-0.1, -0.05) is 6.07 Å². The summed E-state index contributed by atoms with van der Waals surface area (Å²) in [5, 5.41) is 4.08. The second kappa shape index (κ2) is 8.11. The van der Waals surface area contributed by atoms with Gasteiger partial charge in [0.05, 0.1) is 26.0 Å². The third kappa shape index (κ3) is 3.54. The summed E-state index contributed by atoms with van der Waals surface area (Å²) in [5.74, 6) is 1.49. The molecule has 1 aromatic carbocycles. The Hall–Kier alpha value is -2.68. The third-order valence-corrected chi connectivity index (χ3v) is 7.65. The van der Waals surface area contributed by atoms with Crippen molar-refractivity contribution in [2.45, 2.75) is 25.9 Å². The molecule has 0 saturated carbocycles. The Labute approximate surface area is 188 Å². The van der Waals surface area contributed by atoms with Crippen molar-refractivity contribution in [3.63, 3.8) is 0 Å². The van der Waals surface area contributed by atoms with Gasteiger partial charge in [-0.3, -0.25) is 14.1 Å². The van der Waals surface area contributed by atoms with E-state index in [4.69, 9.17) is 14.5 Å². The first-order valence-electron chi connectivity index (χ1n) is 10.1. The number of aryl methyl sites for hydroxylation is 1. The van der Waals surface area contributed by atoms with Crippen molar-refractivity contribution < 1.29 is 9.47 Å². The van der Waals surface area contributed by atoms with Crippen molar-refractivity contribution in [1.82, 2.24) is 14.3 Å². The van der Waals surface area contributed by atoms with Crippen molar-refractivity contribution in [2.75, 3.05) is 20.8 Å². The van der Waals surface area contributed by atoms with E-state index in [2.05, 4.69) is 34.5 Å². The molecule has 0 N–H and O–H groups in total. The van der Waals surface area contributed by atoms with Gasteiger partial charge < -0.3 is 9.47 Å². The van der Waals surface area contributed by atoms with Gasteiger partial charge in [-0.2, -0.15) is 0 Å². The molecule has 1 aliphatic rings. The van der Waals surface area contributed by atoms with Gasteiger partial charge in [0.1, 0.15) is 0 Å². The van der Waals surface area contributed by atoms with Crippen LogP contribution < -0.4 is 15.0 Å². The lowest BCUT2D eigenvalue weighted by molar-refractivity contribution is 0.203. The van der Waals surface area contributed by atoms with Gasteiger partial charge in [0.2, 0.25) is 0 Å². The van der Waals surface area contributed by atoms with Crippen LogP contribution in [0.4, 0.5) is 0 Å². The van der Waals surface area contributed by atoms with E-state index in [-0.39, 0.29) is 11.6 Å². The van der Waals surface area contributed by atoms with Crippen molar-refractivity contribution in [3.8, 4) is 11.5 Å². The van der Waals surface area contributed by atoms with Gasteiger partial charge in [0.25, 0.3) is 5.56 Å². The Morgan fingerprint density at radius 1 is 1.16 bits per heavy atom. The monoisotopic (exact) mass is 453 g/mol. The molecule has 3 aromatic heterocycles. The van der Waals surface area contributed by atoms with Crippen molar-refractivity contribution in [1.29, 1.82) is 0 Å². The molecule has 8 heteroatoms. The van der Waals surface area contributed by atoms with Crippen molar-refractivity contribution >= 4 is 27.6 Å². The number of rotatable bonds is 5. The first-order chi connectivity index (χ1) is 15.1. The molecule has 31 heavy (non-hydrogen) atoms. The lowest BCUT2D eigenvalue weighted by atomic mass is 9.90. The standard InChI is InChI=1S/C23H23N3O3S2/c1-14-13-31-23-24-16(10-21(27)26(14)23)12-25-7-6-15-9-18(28-2)19(29-3)11-17(15)22(25)20-5-4-8-30-20/h4-5,8-11,13,22H,6-7,12H2,1-3H3/t22-/m1/s1. The summed E-state index contributed by atoms with van der Waals surface area (Å²) in [7, 11) is 3.34. The summed E-state index contributed by atoms with van der Waals surface area (Å²) in [6, 6.07) is 10.2. The molecule has 0 amide bonds. The third-order valence-electron chi connectivity index (χ3n) is 5.78. The summed E-state index contributed by atoms with van der Waals surface area (Å²) in [4.78, 5) is 21.9. The highest BCUT2D eigenvalue weighted by Gasteiger charge is 2.31. The van der Waals surface area contributed by atoms with E-state index in [0.29, 0.717) is 6.54 Å². The van der Waals surface area contributed by atoms with Crippen LogP contribution in [-0.2, 0) is 13.0 Å². The molecule has 1 atom stereocenters. The highest BCUT2D eigenvalue weighted by Crippen LogP contribution is 2.42. The maximum absolute atomic E-state index is 12.7. The maximum Gasteiger partial charge on any atom is 0.259 e. The van der Waals surface area contributed by atoms with Gasteiger partial charge in [0.15, 0.2) is 16.5 Å². The number of benzene rings is 1. The minimum Gasteiger partial charge on any atom is -0.493 e. The average molecular weight is 454 g/mol. The highest BCUT2D eigenvalue weighted by atomic mass is 32.1. The van der Waals surface area contributed by atoms with Crippen LogP contribution in [0.1, 0.15) is 33.4 Å². The maximum atomic E-state index is 12.7. The predicted octanol–water partition coefficient (Wildman–Crippen LogP) is 4.29. The topological polar surface area (TPSA) is 56.1 Å². The summed E-state index contributed by atoms with van der Waals surface area (Å²) in [6.07, 6.45) is 0.900. The van der Waals surface area contributed by atoms with E-state index >= 15 is 0 Å². The molecule has 4 heterocycles. The number of thiophene rings is 1. The van der Waals surface area contributed by atoms with E-state index < -0.39 is 0 Å². The van der Waals surface area contributed by atoms with Crippen LogP contribution in [0.2, 0.25) is 0 Å². The predicted molar refractivity (Wildman–Crippen MR) is 124 cm³/mol. The Balaban J connectivity index is 1.57. The van der Waals surface area contributed by atoms with Gasteiger partial charge in [-0.25, -0.2) is 4.98 Å². The lowest BCUT2D eigenvalue weighted by Gasteiger charge is -2.37. The first-order valence-corrected chi connectivity index (χ1v) is 11.8. The number of nitrogens with zero attached hydrogens (tertiary/aromatic N) is 3. The molecule has 6 nitrogen and oxygen atoms in total. The molecule has 4 aromatic rings. The van der Waals surface area contributed by atoms with Crippen LogP contribution in [0.15, 0.2) is 45.9 Å². The Morgan fingerprint density at radius 2 is 1.97 bits per heavy atom. The number of fused-ring (bicyclic) bond motifs is 2. The van der Waals surface area contributed by atoms with E-state index in [1.807, 2.05) is 12.3 Å². The van der Waals surface area contributed by atoms with E-state index in [9.17, 15) is 4.79 Å². The fourth-order valence-corrected chi connectivity index (χ4v) is 6.11. The van der Waals surface area contributed by atoms with E-state index in [1.54, 1.807) is 36.0 Å². The van der Waals surface area contributed by atoms with E-state index in [1.165, 1.54) is 27.3 Å². The molecule has 1 aliphatic heterocycles. The van der Waals surface area contributed by atoms with Crippen molar-refractivity contribution in [2.24, 2.45) is 0 Å². The molecule has 0 fully saturated rings. The number of thiazole rings is 1. The minimum atomic E-state index is -0.0183. The highest BCUT2D eigenvalue weighted by molar-refractivity contribution is 7.15. The van der Waals surface area contributed by atoms with Crippen LogP contribution >= 0.6 is 22.7 Å². The molecular formula is C23H23N3O3S2. The Bertz CT molecular complexity index is 1290. The molecule has 0 spiro atoms. The molecule has 0 saturated heterocycles. The summed E-state index contributed by atoms with van der Waals surface area (Å²) >= 11 is 3.25. The zero-order chi connectivity index (χ0) is 21.5. The average Bonchev–Trinajstić information content (AvgIpc) is 3.43. The van der Waals surface area contributed by atoms with Gasteiger partial charge in [-0.15, -0.1) is 22.7 Å². The molecule has 160 valence electrons. The molecule has 0 bridgehead atoms. The molecule has 0 unspecified atom stereocenters. The first kappa shape index (κ1) is 20.2. The molecular weight excluding hydrogens is 430 g/mol. The second-order valence-corrected chi connectivity index (χ2v) is 9.44. The number of methoxy groups -OCH3 is 2. The van der Waals surface area contributed by atoms with Crippen LogP contribution in [0, 0.1) is 6.92 Å². The zero-order valence-electron chi connectivity index (χ0n) is 17.6. The SMILES string of the molecule is COc1cc2c(cc1OC)[C@H](c1cccs1)N(Cc1cc(=O)n3c(C)csc3n1)CC2. The summed E-state index contributed by atoms with van der Waals surface area (Å²) in [5.41, 5.74) is 4.20. The second-order valence-electron chi connectivity index (χ2n) is 7.63. The molecule has 5 rings (SSSR count). The molecule has 0 radical (unpaired) electrons. The minimum absolute atomic E-state index is 0.0183. The number of hydrogen-bond donors (Lipinski definition) is 0. The fourth-order valence-electron chi connectivity index (χ4n) is 4.34. The normalized spacial score (nSPS) is 16.4. The summed E-state index contributed by atoms with van der Waals surface area (Å²) < 4.78 is 12.8. The number of ether oxygens (including phenoxy) is 2. The van der Waals surface area contributed by atoms with Gasteiger partial charge in [-0.05, 0) is 48.1 Å². The quantitative estimate of drug-likeness (QED) is 0.451. The fraction of sp³-hybridized carbons (Fsp3) is 0.304. The lowest BCUT2D eigenvalue weighted by Crippen LogP contribution is -2.36. The van der Waals surface area contributed by atoms with Crippen LogP contribution in [0.5, 0.6) is 11.5 Å². The largest absolute Gasteiger partial charge is 0.493 e. The van der Waals surface area contributed by atoms with Crippen LogP contribution in [-0.4, -0.2) is 35.0 Å². The number of hydrogen-bond acceptors (Lipinski definition) is 7. The van der Waals surface area contributed by atoms with E-state index in [0.717, 1.165) is 40.8 Å². The van der Waals surface area contributed by atoms with Crippen molar-refractivity contribution in [3.05, 3.63) is 78.8 Å². The summed E-state index contributed by atoms with van der Waals surface area (Å²) in [6.45, 7) is 3.41. The Morgan fingerprint density at radius 3 is 2.71 bits per heavy atom. The number of aromatic nitrogens is 2. The van der Waals surface area contributed by atoms with Crippen LogP contribution in [0.25, 0.3) is 4.96 Å². The smallest absolute Gasteiger partial charge is 0.259 e. The Kier molecular flexibility index (Phi) is 5.29. The zero-order valence-corrected chi connectivity index (χ0v) is 19.3. The van der Waals surface area contributed by atoms with Crippen LogP contribution in [0.3, 0.4) is 0 Å². The molecule has 0 aliphatic carbocycles. The van der Waals surface area contributed by atoms with Gasteiger partial charge >= 0.3 is 0 Å². The van der Waals surface area contributed by atoms with Gasteiger partial charge in [0, 0.05) is 35.1 Å².